The normalized spacial score (nSPS) is 21.0. The van der Waals surface area contributed by atoms with E-state index in [1.54, 1.807) is 0 Å². The predicted octanol–water partition coefficient (Wildman–Crippen LogP) is 2.95. The Morgan fingerprint density at radius 3 is 2.15 bits per heavy atom. The Balaban J connectivity index is 0.00000147. The van der Waals surface area contributed by atoms with Gasteiger partial charge in [-0.25, -0.2) is 0 Å². The molecule has 0 aliphatic heterocycles. The molecule has 3 rings (SSSR count). The molecule has 0 radical (unpaired) electrons. The summed E-state index contributed by atoms with van der Waals surface area (Å²) in [6.45, 7) is 0. The lowest BCUT2D eigenvalue weighted by atomic mass is 9.89. The summed E-state index contributed by atoms with van der Waals surface area (Å²) in [4.78, 5) is 11.8. The zero-order chi connectivity index (χ0) is 13.3. The molecule has 110 valence electrons. The third-order valence-electron chi connectivity index (χ3n) is 4.60. The average molecular weight is 296 g/mol. The number of nitrogens with one attached hydrogen (secondary N) is 1. The number of hydrogen-bond donors (Lipinski definition) is 2. The second kappa shape index (κ2) is 6.15. The summed E-state index contributed by atoms with van der Waals surface area (Å²) in [5.41, 5.74) is 1.60. The molecule has 1 fully saturated rings. The van der Waals surface area contributed by atoms with E-state index >= 15 is 0 Å². The van der Waals surface area contributed by atoms with E-state index in [9.17, 15) is 9.90 Å². The topological polar surface area (TPSA) is 49.3 Å². The van der Waals surface area contributed by atoms with Crippen LogP contribution in [0.5, 0.6) is 0 Å². The summed E-state index contributed by atoms with van der Waals surface area (Å²) >= 11 is 0. The minimum absolute atomic E-state index is 0. The van der Waals surface area contributed by atoms with Crippen LogP contribution in [0.2, 0.25) is 0 Å². The molecule has 1 aromatic rings. The van der Waals surface area contributed by atoms with Gasteiger partial charge in [0.15, 0.2) is 0 Å². The molecule has 1 saturated carbocycles. The highest BCUT2D eigenvalue weighted by Gasteiger charge is 2.45. The summed E-state index contributed by atoms with van der Waals surface area (Å²) in [6, 6.07) is 8.49. The maximum atomic E-state index is 11.8. The Hall–Kier alpha value is -1.06. The molecule has 4 heteroatoms. The third-order valence-corrected chi connectivity index (χ3v) is 4.60. The van der Waals surface area contributed by atoms with E-state index < -0.39 is 11.5 Å². The van der Waals surface area contributed by atoms with Gasteiger partial charge in [0.2, 0.25) is 0 Å². The third kappa shape index (κ3) is 2.84. The fourth-order valence-electron chi connectivity index (χ4n) is 3.57. The summed E-state index contributed by atoms with van der Waals surface area (Å²) in [6.07, 6.45) is 7.21. The van der Waals surface area contributed by atoms with Gasteiger partial charge in [-0.15, -0.1) is 12.4 Å². The first-order chi connectivity index (χ1) is 9.20. The van der Waals surface area contributed by atoms with Crippen LogP contribution in [-0.2, 0) is 17.6 Å². The number of fused-ring (bicyclic) bond motifs is 1. The van der Waals surface area contributed by atoms with Crippen LogP contribution in [0.25, 0.3) is 0 Å². The van der Waals surface area contributed by atoms with Crippen LogP contribution in [0, 0.1) is 0 Å². The monoisotopic (exact) mass is 295 g/mol. The van der Waals surface area contributed by atoms with Crippen molar-refractivity contribution in [1.29, 1.82) is 0 Å². The Morgan fingerprint density at radius 1 is 1.10 bits per heavy atom. The molecule has 0 aromatic heterocycles. The van der Waals surface area contributed by atoms with E-state index in [-0.39, 0.29) is 12.4 Å². The van der Waals surface area contributed by atoms with E-state index in [1.807, 2.05) is 12.1 Å². The molecular formula is C16H22ClNO2. The summed E-state index contributed by atoms with van der Waals surface area (Å²) in [7, 11) is 0. The first kappa shape index (κ1) is 15.3. The minimum atomic E-state index is -0.772. The number of halogens is 1. The van der Waals surface area contributed by atoms with Crippen molar-refractivity contribution in [1.82, 2.24) is 5.32 Å². The molecule has 2 N–H and O–H groups in total. The fraction of sp³-hybridized carbons (Fsp3) is 0.562. The second-order valence-electron chi connectivity index (χ2n) is 5.99. The van der Waals surface area contributed by atoms with Gasteiger partial charge in [-0.3, -0.25) is 10.1 Å². The van der Waals surface area contributed by atoms with Crippen molar-refractivity contribution >= 4 is 18.4 Å². The molecule has 0 spiro atoms. The number of aliphatic carboxylic acids is 1. The second-order valence-corrected chi connectivity index (χ2v) is 5.99. The lowest BCUT2D eigenvalue weighted by Crippen LogP contribution is -2.57. The van der Waals surface area contributed by atoms with Crippen molar-refractivity contribution in [3.8, 4) is 0 Å². The number of carboxylic acids is 1. The van der Waals surface area contributed by atoms with E-state index in [4.69, 9.17) is 0 Å². The number of carboxylic acid groups (broad SMARTS) is 1. The smallest absolute Gasteiger partial charge is 0.324 e. The van der Waals surface area contributed by atoms with Gasteiger partial charge in [-0.2, -0.15) is 0 Å². The van der Waals surface area contributed by atoms with Crippen LogP contribution in [0.15, 0.2) is 24.3 Å². The van der Waals surface area contributed by atoms with Crippen molar-refractivity contribution in [3.05, 3.63) is 35.4 Å². The van der Waals surface area contributed by atoms with Crippen LogP contribution < -0.4 is 5.32 Å². The van der Waals surface area contributed by atoms with Crippen molar-refractivity contribution in [2.45, 2.75) is 56.5 Å². The lowest BCUT2D eigenvalue weighted by Gasteiger charge is -2.33. The number of hydrogen-bond acceptors (Lipinski definition) is 2. The van der Waals surface area contributed by atoms with Crippen molar-refractivity contribution < 1.29 is 9.90 Å². The van der Waals surface area contributed by atoms with E-state index in [0.29, 0.717) is 18.9 Å². The highest BCUT2D eigenvalue weighted by Crippen LogP contribution is 2.32. The first-order valence-corrected chi connectivity index (χ1v) is 7.27. The zero-order valence-corrected chi connectivity index (χ0v) is 12.4. The van der Waals surface area contributed by atoms with E-state index in [0.717, 1.165) is 12.8 Å². The minimum Gasteiger partial charge on any atom is -0.480 e. The zero-order valence-electron chi connectivity index (χ0n) is 11.6. The Morgan fingerprint density at radius 2 is 1.65 bits per heavy atom. The molecular weight excluding hydrogens is 274 g/mol. The van der Waals surface area contributed by atoms with Gasteiger partial charge in [0, 0.05) is 18.9 Å². The molecule has 1 aromatic carbocycles. The van der Waals surface area contributed by atoms with Gasteiger partial charge in [-0.05, 0) is 24.0 Å². The molecule has 0 atom stereocenters. The summed E-state index contributed by atoms with van der Waals surface area (Å²) < 4.78 is 0. The molecule has 2 aliphatic rings. The van der Waals surface area contributed by atoms with Crippen LogP contribution in [0.1, 0.15) is 43.2 Å². The molecule has 0 saturated heterocycles. The Bertz CT molecular complexity index is 458. The van der Waals surface area contributed by atoms with Gasteiger partial charge < -0.3 is 5.11 Å². The van der Waals surface area contributed by atoms with Crippen LogP contribution in [0.3, 0.4) is 0 Å². The van der Waals surface area contributed by atoms with Gasteiger partial charge in [-0.1, -0.05) is 43.5 Å². The molecule has 3 nitrogen and oxygen atoms in total. The molecule has 20 heavy (non-hydrogen) atoms. The van der Waals surface area contributed by atoms with Crippen molar-refractivity contribution in [2.24, 2.45) is 0 Å². The maximum Gasteiger partial charge on any atom is 0.324 e. The van der Waals surface area contributed by atoms with Crippen LogP contribution >= 0.6 is 12.4 Å². The van der Waals surface area contributed by atoms with Gasteiger partial charge >= 0.3 is 5.97 Å². The highest BCUT2D eigenvalue weighted by molar-refractivity contribution is 5.85. The van der Waals surface area contributed by atoms with E-state index in [1.165, 1.54) is 30.4 Å². The molecule has 0 bridgehead atoms. The summed E-state index contributed by atoms with van der Waals surface area (Å²) in [5, 5.41) is 13.2. The van der Waals surface area contributed by atoms with Gasteiger partial charge in [0.25, 0.3) is 0 Å². The lowest BCUT2D eigenvalue weighted by molar-refractivity contribution is -0.145. The predicted molar refractivity (Wildman–Crippen MR) is 81.5 cm³/mol. The van der Waals surface area contributed by atoms with E-state index in [2.05, 4.69) is 17.4 Å². The number of carbonyl (C=O) groups is 1. The first-order valence-electron chi connectivity index (χ1n) is 7.27. The highest BCUT2D eigenvalue weighted by atomic mass is 35.5. The Kier molecular flexibility index (Phi) is 4.71. The van der Waals surface area contributed by atoms with Crippen LogP contribution in [-0.4, -0.2) is 22.7 Å². The quantitative estimate of drug-likeness (QED) is 0.901. The number of rotatable bonds is 3. The van der Waals surface area contributed by atoms with Crippen LogP contribution in [0.4, 0.5) is 0 Å². The van der Waals surface area contributed by atoms with Gasteiger partial charge in [0.1, 0.15) is 5.54 Å². The fourth-order valence-corrected chi connectivity index (χ4v) is 3.57. The van der Waals surface area contributed by atoms with Gasteiger partial charge in [0.05, 0.1) is 0 Å². The standard InChI is InChI=1S/C16H21NO2.ClH/c18-15(19)16(17-14-8-2-1-3-9-14)10-12-6-4-5-7-13(12)11-16;/h4-7,14,17H,1-3,8-11H2,(H,18,19);1H. The largest absolute Gasteiger partial charge is 0.480 e. The maximum absolute atomic E-state index is 11.8. The summed E-state index contributed by atoms with van der Waals surface area (Å²) in [5.74, 6) is -0.700. The molecule has 0 heterocycles. The average Bonchev–Trinajstić information content (AvgIpc) is 2.79. The number of benzene rings is 1. The molecule has 2 aliphatic carbocycles. The molecule has 0 amide bonds. The molecule has 0 unspecified atom stereocenters. The van der Waals surface area contributed by atoms with Crippen molar-refractivity contribution in [3.63, 3.8) is 0 Å². The van der Waals surface area contributed by atoms with Crippen molar-refractivity contribution in [2.75, 3.05) is 0 Å². The SMILES string of the molecule is Cl.O=C(O)C1(NC2CCCCC2)Cc2ccccc2C1. The Labute approximate surface area is 126 Å².